The molecule has 0 bridgehead atoms. The number of nitrogens with one attached hydrogen (secondary N) is 1. The Kier molecular flexibility index (Phi) is 7.42. The number of hydrogen-bond donors (Lipinski definition) is 2. The van der Waals surface area contributed by atoms with E-state index in [0.717, 1.165) is 18.9 Å². The van der Waals surface area contributed by atoms with Crippen LogP contribution in [-0.4, -0.2) is 23.2 Å². The van der Waals surface area contributed by atoms with Crippen molar-refractivity contribution in [3.05, 3.63) is 65.2 Å². The van der Waals surface area contributed by atoms with Gasteiger partial charge in [0, 0.05) is 12.1 Å². The lowest BCUT2D eigenvalue weighted by atomic mass is 9.85. The van der Waals surface area contributed by atoms with E-state index in [1.165, 1.54) is 0 Å². The molecular weight excluding hydrogens is 383 g/mol. The first kappa shape index (κ1) is 22.5. The van der Waals surface area contributed by atoms with E-state index in [9.17, 15) is 22.8 Å². The molecule has 2 aromatic carbocycles. The maximum Gasteiger partial charge on any atom is 0.392 e. The van der Waals surface area contributed by atoms with Gasteiger partial charge in [0.05, 0.1) is 11.8 Å². The minimum atomic E-state index is -4.53. The van der Waals surface area contributed by atoms with Crippen LogP contribution in [-0.2, 0) is 22.4 Å². The van der Waals surface area contributed by atoms with Gasteiger partial charge in [0.2, 0.25) is 5.91 Å². The quantitative estimate of drug-likeness (QED) is 0.633. The lowest BCUT2D eigenvalue weighted by Crippen LogP contribution is -2.34. The van der Waals surface area contributed by atoms with Gasteiger partial charge >= 0.3 is 12.1 Å². The third kappa shape index (κ3) is 6.34. The Balaban J connectivity index is 2.27. The number of aliphatic carboxylic acids is 1. The molecule has 2 N–H and O–H groups in total. The summed E-state index contributed by atoms with van der Waals surface area (Å²) < 4.78 is 40.3. The summed E-state index contributed by atoms with van der Waals surface area (Å²) >= 11 is 0. The molecule has 1 amide bonds. The van der Waals surface area contributed by atoms with Crippen LogP contribution >= 0.6 is 0 Å². The number of carboxylic acid groups (broad SMARTS) is 1. The van der Waals surface area contributed by atoms with Crippen LogP contribution in [0.3, 0.4) is 0 Å². The molecule has 0 aliphatic rings. The van der Waals surface area contributed by atoms with Crippen LogP contribution in [0.25, 0.3) is 0 Å². The fourth-order valence-corrected chi connectivity index (χ4v) is 3.09. The molecular formula is C22H24F3NO3. The molecule has 2 aromatic rings. The maximum atomic E-state index is 13.4. The summed E-state index contributed by atoms with van der Waals surface area (Å²) in [6, 6.07) is 13.1. The zero-order valence-corrected chi connectivity index (χ0v) is 16.3. The van der Waals surface area contributed by atoms with Gasteiger partial charge in [-0.3, -0.25) is 9.59 Å². The highest BCUT2D eigenvalue weighted by atomic mass is 19.4. The Hall–Kier alpha value is -2.83. The summed E-state index contributed by atoms with van der Waals surface area (Å²) in [7, 11) is 0. The monoisotopic (exact) mass is 407 g/mol. The number of alkyl halides is 3. The van der Waals surface area contributed by atoms with Gasteiger partial charge in [0.25, 0.3) is 0 Å². The predicted octanol–water partition coefficient (Wildman–Crippen LogP) is 5.19. The van der Waals surface area contributed by atoms with E-state index in [4.69, 9.17) is 5.11 Å². The fraction of sp³-hybridized carbons (Fsp3) is 0.364. The molecule has 29 heavy (non-hydrogen) atoms. The highest BCUT2D eigenvalue weighted by molar-refractivity contribution is 5.96. The molecule has 156 valence electrons. The van der Waals surface area contributed by atoms with E-state index >= 15 is 0 Å². The molecule has 0 aromatic heterocycles. The van der Waals surface area contributed by atoms with E-state index in [2.05, 4.69) is 5.32 Å². The zero-order chi connectivity index (χ0) is 21.6. The number of carbonyl (C=O) groups is 2. The van der Waals surface area contributed by atoms with Gasteiger partial charge in [-0.1, -0.05) is 50.2 Å². The van der Waals surface area contributed by atoms with Gasteiger partial charge in [0.1, 0.15) is 0 Å². The second kappa shape index (κ2) is 9.58. The summed E-state index contributed by atoms with van der Waals surface area (Å²) in [6.45, 7) is 2.94. The number of hydrogen-bond acceptors (Lipinski definition) is 2. The third-order valence-electron chi connectivity index (χ3n) is 4.87. The largest absolute Gasteiger partial charge is 0.481 e. The van der Waals surface area contributed by atoms with Gasteiger partial charge in [0.15, 0.2) is 0 Å². The number of halogens is 3. The Morgan fingerprint density at radius 3 is 2.28 bits per heavy atom. The van der Waals surface area contributed by atoms with Crippen molar-refractivity contribution in [3.8, 4) is 0 Å². The van der Waals surface area contributed by atoms with Crippen LogP contribution < -0.4 is 5.32 Å². The second-order valence-electron chi connectivity index (χ2n) is 6.99. The summed E-state index contributed by atoms with van der Waals surface area (Å²) in [5.74, 6) is -4.97. The Labute approximate surface area is 167 Å². The van der Waals surface area contributed by atoms with Crippen LogP contribution in [0.15, 0.2) is 48.5 Å². The van der Waals surface area contributed by atoms with E-state index in [-0.39, 0.29) is 12.8 Å². The van der Waals surface area contributed by atoms with Crippen LogP contribution in [0, 0.1) is 5.92 Å². The number of anilines is 1. The number of carbonyl (C=O) groups excluding carboxylic acids is 1. The average molecular weight is 407 g/mol. The lowest BCUT2D eigenvalue weighted by Gasteiger charge is -2.26. The standard InChI is InChI=1S/C22H24F3NO3/c1-3-15-7-10-17(11-8-15)20(14(2)22(23,24)25)21(29)26-18-6-4-5-16(13-18)9-12-19(27)28/h4-8,10-11,13-14,20H,3,9,12H2,1-2H3,(H,26,29)(H,27,28). The van der Waals surface area contributed by atoms with Crippen molar-refractivity contribution in [1.29, 1.82) is 0 Å². The SMILES string of the molecule is CCc1ccc(C(C(=O)Nc2cccc(CCC(=O)O)c2)C(C)C(F)(F)F)cc1. The van der Waals surface area contributed by atoms with E-state index in [1.54, 1.807) is 48.5 Å². The van der Waals surface area contributed by atoms with Crippen molar-refractivity contribution in [2.45, 2.75) is 45.2 Å². The van der Waals surface area contributed by atoms with Gasteiger partial charge in [-0.2, -0.15) is 13.2 Å². The van der Waals surface area contributed by atoms with Crippen molar-refractivity contribution in [3.63, 3.8) is 0 Å². The number of rotatable bonds is 8. The lowest BCUT2D eigenvalue weighted by molar-refractivity contribution is -0.178. The summed E-state index contributed by atoms with van der Waals surface area (Å²) in [4.78, 5) is 23.5. The van der Waals surface area contributed by atoms with Crippen molar-refractivity contribution in [2.24, 2.45) is 5.92 Å². The smallest absolute Gasteiger partial charge is 0.392 e. The molecule has 0 saturated heterocycles. The molecule has 7 heteroatoms. The second-order valence-corrected chi connectivity index (χ2v) is 6.99. The molecule has 2 unspecified atom stereocenters. The number of aryl methyl sites for hydroxylation is 2. The average Bonchev–Trinajstić information content (AvgIpc) is 2.66. The van der Waals surface area contributed by atoms with Crippen LogP contribution in [0.4, 0.5) is 18.9 Å². The molecule has 2 rings (SSSR count). The van der Waals surface area contributed by atoms with Crippen molar-refractivity contribution in [1.82, 2.24) is 0 Å². The Bertz CT molecular complexity index is 847. The Morgan fingerprint density at radius 2 is 1.72 bits per heavy atom. The molecule has 0 fully saturated rings. The molecule has 0 heterocycles. The van der Waals surface area contributed by atoms with Gasteiger partial charge in [-0.15, -0.1) is 0 Å². The zero-order valence-electron chi connectivity index (χ0n) is 16.3. The number of benzene rings is 2. The highest BCUT2D eigenvalue weighted by Crippen LogP contribution is 2.38. The third-order valence-corrected chi connectivity index (χ3v) is 4.87. The van der Waals surface area contributed by atoms with Crippen molar-refractivity contribution >= 4 is 17.6 Å². The van der Waals surface area contributed by atoms with Crippen molar-refractivity contribution < 1.29 is 27.9 Å². The molecule has 0 spiro atoms. The number of amides is 1. The molecule has 0 radical (unpaired) electrons. The molecule has 4 nitrogen and oxygen atoms in total. The topological polar surface area (TPSA) is 66.4 Å². The Morgan fingerprint density at radius 1 is 1.07 bits per heavy atom. The molecule has 2 atom stereocenters. The normalized spacial score (nSPS) is 13.6. The first-order chi connectivity index (χ1) is 13.6. The van der Waals surface area contributed by atoms with Crippen LogP contribution in [0.2, 0.25) is 0 Å². The first-order valence-corrected chi connectivity index (χ1v) is 9.39. The fourth-order valence-electron chi connectivity index (χ4n) is 3.09. The van der Waals surface area contributed by atoms with Gasteiger partial charge < -0.3 is 10.4 Å². The first-order valence-electron chi connectivity index (χ1n) is 9.39. The van der Waals surface area contributed by atoms with Gasteiger partial charge in [-0.05, 0) is 41.7 Å². The minimum absolute atomic E-state index is 0.0745. The van der Waals surface area contributed by atoms with Gasteiger partial charge in [-0.25, -0.2) is 0 Å². The summed E-state index contributed by atoms with van der Waals surface area (Å²) in [5.41, 5.74) is 2.28. The van der Waals surface area contributed by atoms with E-state index in [1.807, 2.05) is 6.92 Å². The number of carboxylic acids is 1. The highest BCUT2D eigenvalue weighted by Gasteiger charge is 2.44. The van der Waals surface area contributed by atoms with Crippen LogP contribution in [0.1, 0.15) is 42.9 Å². The summed E-state index contributed by atoms with van der Waals surface area (Å²) in [5, 5.41) is 11.4. The predicted molar refractivity (Wildman–Crippen MR) is 105 cm³/mol. The van der Waals surface area contributed by atoms with E-state index < -0.39 is 29.9 Å². The molecule has 0 aliphatic heterocycles. The minimum Gasteiger partial charge on any atom is -0.481 e. The maximum absolute atomic E-state index is 13.4. The van der Waals surface area contributed by atoms with Crippen LogP contribution in [0.5, 0.6) is 0 Å². The van der Waals surface area contributed by atoms with Crippen molar-refractivity contribution in [2.75, 3.05) is 5.32 Å². The molecule has 0 saturated carbocycles. The summed E-state index contributed by atoms with van der Waals surface area (Å²) in [6.07, 6.45) is -3.60. The van der Waals surface area contributed by atoms with E-state index in [0.29, 0.717) is 16.8 Å². The molecule has 0 aliphatic carbocycles.